The summed E-state index contributed by atoms with van der Waals surface area (Å²) in [6, 6.07) is 19.7. The maximum Gasteiger partial charge on any atom is 0.267 e. The zero-order valence-electron chi connectivity index (χ0n) is 14.7. The Morgan fingerprint density at radius 1 is 0.778 bits per heavy atom. The second-order valence-electron chi connectivity index (χ2n) is 6.55. The van der Waals surface area contributed by atoms with Crippen LogP contribution < -0.4 is 15.4 Å². The van der Waals surface area contributed by atoms with Gasteiger partial charge in [-0.25, -0.2) is 0 Å². The molecule has 0 atom stereocenters. The van der Waals surface area contributed by atoms with E-state index in [0.29, 0.717) is 0 Å². The van der Waals surface area contributed by atoms with Crippen molar-refractivity contribution in [2.45, 2.75) is 0 Å². The van der Waals surface area contributed by atoms with Crippen LogP contribution in [0.4, 0.5) is 11.4 Å². The fraction of sp³-hybridized carbons (Fsp3) is 0.190. The highest BCUT2D eigenvalue weighted by Crippen LogP contribution is 2.25. The van der Waals surface area contributed by atoms with Gasteiger partial charge < -0.3 is 14.8 Å². The molecule has 0 bridgehead atoms. The van der Waals surface area contributed by atoms with Crippen molar-refractivity contribution < 1.29 is 0 Å². The van der Waals surface area contributed by atoms with Gasteiger partial charge in [0.2, 0.25) is 0 Å². The van der Waals surface area contributed by atoms with E-state index in [2.05, 4.69) is 33.0 Å². The van der Waals surface area contributed by atoms with Gasteiger partial charge in [-0.1, -0.05) is 41.4 Å². The molecule has 0 unspecified atom stereocenters. The van der Waals surface area contributed by atoms with Crippen LogP contribution in [0.3, 0.4) is 0 Å². The lowest BCUT2D eigenvalue weighted by Crippen LogP contribution is -2.46. The monoisotopic (exact) mass is 399 g/mol. The summed E-state index contributed by atoms with van der Waals surface area (Å²) in [4.78, 5) is 19.2. The Morgan fingerprint density at radius 3 is 2.07 bits per heavy atom. The second kappa shape index (κ2) is 7.67. The van der Waals surface area contributed by atoms with E-state index in [-0.39, 0.29) is 10.6 Å². The number of nitrogens with zero attached hydrogens (tertiary/aromatic N) is 2. The maximum atomic E-state index is 11.7. The Hall–Kier alpha value is -2.43. The highest BCUT2D eigenvalue weighted by molar-refractivity contribution is 6.31. The third kappa shape index (κ3) is 3.97. The molecule has 0 saturated carbocycles. The third-order valence-corrected chi connectivity index (χ3v) is 5.39. The van der Waals surface area contributed by atoms with Gasteiger partial charge in [0.15, 0.2) is 0 Å². The first kappa shape index (κ1) is 18.0. The number of aromatic amines is 1. The lowest BCUT2D eigenvalue weighted by Gasteiger charge is -2.37. The fourth-order valence-electron chi connectivity index (χ4n) is 3.37. The minimum Gasteiger partial charge on any atom is -0.368 e. The Morgan fingerprint density at radius 2 is 1.44 bits per heavy atom. The highest BCUT2D eigenvalue weighted by atomic mass is 35.5. The standard InChI is InChI=1S/C21H19Cl2N3O/c22-16-2-1-3-18(14-16)26-12-10-25(11-13-26)17-6-4-15(5-7-17)20-9-8-19(23)21(27)24-20/h1-9,14H,10-13H2,(H,24,27). The predicted molar refractivity (Wildman–Crippen MR) is 113 cm³/mol. The van der Waals surface area contributed by atoms with Crippen LogP contribution in [0, 0.1) is 0 Å². The number of anilines is 2. The minimum atomic E-state index is -0.268. The summed E-state index contributed by atoms with van der Waals surface area (Å²) in [5.41, 5.74) is 3.81. The Labute approximate surface area is 168 Å². The minimum absolute atomic E-state index is 0.202. The van der Waals surface area contributed by atoms with Crippen LogP contribution in [-0.2, 0) is 0 Å². The molecular formula is C21H19Cl2N3O. The number of benzene rings is 2. The average molecular weight is 400 g/mol. The molecular weight excluding hydrogens is 381 g/mol. The summed E-state index contributed by atoms with van der Waals surface area (Å²) in [5, 5.41) is 0.971. The van der Waals surface area contributed by atoms with Crippen molar-refractivity contribution in [1.82, 2.24) is 4.98 Å². The van der Waals surface area contributed by atoms with Gasteiger partial charge in [0.05, 0.1) is 0 Å². The molecule has 1 N–H and O–H groups in total. The molecule has 4 nitrogen and oxygen atoms in total. The number of piperazine rings is 1. The second-order valence-corrected chi connectivity index (χ2v) is 7.39. The lowest BCUT2D eigenvalue weighted by atomic mass is 10.1. The van der Waals surface area contributed by atoms with Crippen LogP contribution in [0.1, 0.15) is 0 Å². The van der Waals surface area contributed by atoms with Gasteiger partial charge in [-0.05, 0) is 48.0 Å². The largest absolute Gasteiger partial charge is 0.368 e. The molecule has 2 aromatic carbocycles. The smallest absolute Gasteiger partial charge is 0.267 e. The van der Waals surface area contributed by atoms with Crippen molar-refractivity contribution in [2.24, 2.45) is 0 Å². The van der Waals surface area contributed by atoms with Gasteiger partial charge >= 0.3 is 0 Å². The van der Waals surface area contributed by atoms with Gasteiger partial charge in [-0.3, -0.25) is 4.79 Å². The van der Waals surface area contributed by atoms with Gasteiger partial charge in [0.1, 0.15) is 5.02 Å². The number of rotatable bonds is 3. The zero-order valence-corrected chi connectivity index (χ0v) is 16.2. The van der Waals surface area contributed by atoms with E-state index in [0.717, 1.165) is 42.5 Å². The molecule has 1 saturated heterocycles. The quantitative estimate of drug-likeness (QED) is 0.694. The molecule has 0 radical (unpaired) electrons. The SMILES string of the molecule is O=c1[nH]c(-c2ccc(N3CCN(c4cccc(Cl)c4)CC3)cc2)ccc1Cl. The van der Waals surface area contributed by atoms with Crippen LogP contribution in [0.15, 0.2) is 65.5 Å². The molecule has 4 rings (SSSR count). The van der Waals surface area contributed by atoms with Crippen molar-refractivity contribution in [3.8, 4) is 11.3 Å². The molecule has 3 aromatic rings. The summed E-state index contributed by atoms with van der Waals surface area (Å²) in [7, 11) is 0. The van der Waals surface area contributed by atoms with Crippen molar-refractivity contribution in [3.05, 3.63) is 81.1 Å². The molecule has 0 aliphatic carbocycles. The van der Waals surface area contributed by atoms with Crippen LogP contribution in [0.2, 0.25) is 10.0 Å². The maximum absolute atomic E-state index is 11.7. The Bertz CT molecular complexity index is 993. The molecule has 2 heterocycles. The topological polar surface area (TPSA) is 39.3 Å². The first-order valence-electron chi connectivity index (χ1n) is 8.85. The highest BCUT2D eigenvalue weighted by Gasteiger charge is 2.17. The van der Waals surface area contributed by atoms with E-state index >= 15 is 0 Å². The van der Waals surface area contributed by atoms with E-state index in [1.165, 1.54) is 11.4 Å². The summed E-state index contributed by atoms with van der Waals surface area (Å²) in [6.45, 7) is 3.80. The van der Waals surface area contributed by atoms with Crippen LogP contribution in [-0.4, -0.2) is 31.2 Å². The zero-order chi connectivity index (χ0) is 18.8. The van der Waals surface area contributed by atoms with Gasteiger partial charge in [0, 0.05) is 48.3 Å². The molecule has 1 fully saturated rings. The van der Waals surface area contributed by atoms with E-state index in [4.69, 9.17) is 23.2 Å². The number of halogens is 2. The van der Waals surface area contributed by atoms with E-state index in [1.807, 2.05) is 36.4 Å². The molecule has 6 heteroatoms. The van der Waals surface area contributed by atoms with Crippen LogP contribution in [0.25, 0.3) is 11.3 Å². The molecule has 0 spiro atoms. The molecule has 1 aliphatic rings. The van der Waals surface area contributed by atoms with Gasteiger partial charge in [-0.2, -0.15) is 0 Å². The number of pyridine rings is 1. The van der Waals surface area contributed by atoms with Crippen molar-refractivity contribution >= 4 is 34.6 Å². The van der Waals surface area contributed by atoms with Gasteiger partial charge in [-0.15, -0.1) is 0 Å². The van der Waals surface area contributed by atoms with Gasteiger partial charge in [0.25, 0.3) is 5.56 Å². The predicted octanol–water partition coefficient (Wildman–Crippen LogP) is 4.68. The Kier molecular flexibility index (Phi) is 5.10. The Balaban J connectivity index is 1.44. The molecule has 1 aliphatic heterocycles. The molecule has 0 amide bonds. The summed E-state index contributed by atoms with van der Waals surface area (Å²) < 4.78 is 0. The van der Waals surface area contributed by atoms with Crippen LogP contribution >= 0.6 is 23.2 Å². The fourth-order valence-corrected chi connectivity index (χ4v) is 3.67. The normalized spacial score (nSPS) is 14.4. The molecule has 1 aromatic heterocycles. The molecule has 138 valence electrons. The van der Waals surface area contributed by atoms with E-state index in [1.54, 1.807) is 6.07 Å². The number of H-pyrrole nitrogens is 1. The number of hydrogen-bond donors (Lipinski definition) is 1. The summed E-state index contributed by atoms with van der Waals surface area (Å²) >= 11 is 11.9. The average Bonchev–Trinajstić information content (AvgIpc) is 2.70. The first-order valence-corrected chi connectivity index (χ1v) is 9.60. The summed E-state index contributed by atoms with van der Waals surface area (Å²) in [5.74, 6) is 0. The van der Waals surface area contributed by atoms with E-state index < -0.39 is 0 Å². The molecule has 27 heavy (non-hydrogen) atoms. The number of hydrogen-bond acceptors (Lipinski definition) is 3. The van der Waals surface area contributed by atoms with Crippen molar-refractivity contribution in [2.75, 3.05) is 36.0 Å². The number of aromatic nitrogens is 1. The van der Waals surface area contributed by atoms with Crippen molar-refractivity contribution in [3.63, 3.8) is 0 Å². The first-order chi connectivity index (χ1) is 13.1. The van der Waals surface area contributed by atoms with Crippen LogP contribution in [0.5, 0.6) is 0 Å². The number of nitrogens with one attached hydrogen (secondary N) is 1. The van der Waals surface area contributed by atoms with E-state index in [9.17, 15) is 4.79 Å². The lowest BCUT2D eigenvalue weighted by molar-refractivity contribution is 0.653. The van der Waals surface area contributed by atoms with Crippen molar-refractivity contribution in [1.29, 1.82) is 0 Å². The third-order valence-electron chi connectivity index (χ3n) is 4.86. The summed E-state index contributed by atoms with van der Waals surface area (Å²) in [6.07, 6.45) is 0.